The fourth-order valence-corrected chi connectivity index (χ4v) is 2.97. The summed E-state index contributed by atoms with van der Waals surface area (Å²) in [6.45, 7) is 4.03. The van der Waals surface area contributed by atoms with Gasteiger partial charge in [0.1, 0.15) is 11.5 Å². The topological polar surface area (TPSA) is 47.7 Å². The van der Waals surface area contributed by atoms with Crippen molar-refractivity contribution in [3.05, 3.63) is 23.8 Å². The summed E-state index contributed by atoms with van der Waals surface area (Å²) in [6, 6.07) is 6.74. The Kier molecular flexibility index (Phi) is 4.66. The van der Waals surface area contributed by atoms with Crippen molar-refractivity contribution in [2.75, 3.05) is 27.3 Å². The molecule has 2 unspecified atom stereocenters. The number of ether oxygens (including phenoxy) is 2. The minimum Gasteiger partial charge on any atom is -0.497 e. The summed E-state index contributed by atoms with van der Waals surface area (Å²) >= 11 is 0. The molecule has 0 radical (unpaired) electrons. The highest BCUT2D eigenvalue weighted by Gasteiger charge is 2.29. The van der Waals surface area contributed by atoms with Crippen molar-refractivity contribution in [3.63, 3.8) is 0 Å². The van der Waals surface area contributed by atoms with Crippen LogP contribution >= 0.6 is 0 Å². The van der Waals surface area contributed by atoms with Crippen LogP contribution in [0, 0.1) is 0 Å². The number of likely N-dealkylation sites (tertiary alicyclic amines) is 1. The summed E-state index contributed by atoms with van der Waals surface area (Å²) in [5, 5.41) is 0. The number of nitrogens with zero attached hydrogens (tertiary/aromatic N) is 1. The Morgan fingerprint density at radius 1 is 1.37 bits per heavy atom. The van der Waals surface area contributed by atoms with Crippen molar-refractivity contribution < 1.29 is 9.47 Å². The third-order valence-electron chi connectivity index (χ3n) is 4.08. The first-order valence-electron chi connectivity index (χ1n) is 6.89. The van der Waals surface area contributed by atoms with Gasteiger partial charge >= 0.3 is 0 Å². The molecule has 2 N–H and O–H groups in total. The van der Waals surface area contributed by atoms with E-state index in [0.717, 1.165) is 24.6 Å². The lowest BCUT2D eigenvalue weighted by Crippen LogP contribution is -2.37. The molecule has 106 valence electrons. The molecule has 1 aliphatic heterocycles. The van der Waals surface area contributed by atoms with Crippen LogP contribution in [0.15, 0.2) is 18.2 Å². The van der Waals surface area contributed by atoms with E-state index in [-0.39, 0.29) is 0 Å². The Morgan fingerprint density at radius 3 is 2.79 bits per heavy atom. The fraction of sp³-hybridized carbons (Fsp3) is 0.600. The Bertz CT molecular complexity index is 423. The molecule has 0 saturated carbocycles. The standard InChI is InChI=1S/C15H24N2O2/c1-11(17-8-4-5-12(17)10-16)14-9-13(18-2)6-7-15(14)19-3/h6-7,9,11-12H,4-5,8,10,16H2,1-3H3. The van der Waals surface area contributed by atoms with E-state index in [1.807, 2.05) is 12.1 Å². The van der Waals surface area contributed by atoms with E-state index in [2.05, 4.69) is 17.9 Å². The van der Waals surface area contributed by atoms with Crippen LogP contribution in [0.2, 0.25) is 0 Å². The second-order valence-corrected chi connectivity index (χ2v) is 5.05. The van der Waals surface area contributed by atoms with Crippen molar-refractivity contribution in [1.82, 2.24) is 4.90 Å². The van der Waals surface area contributed by atoms with Crippen LogP contribution in [0.1, 0.15) is 31.4 Å². The maximum atomic E-state index is 5.87. The first-order valence-corrected chi connectivity index (χ1v) is 6.89. The van der Waals surface area contributed by atoms with Crippen molar-refractivity contribution in [1.29, 1.82) is 0 Å². The van der Waals surface area contributed by atoms with Gasteiger partial charge in [0.05, 0.1) is 14.2 Å². The Labute approximate surface area is 115 Å². The van der Waals surface area contributed by atoms with Crippen molar-refractivity contribution in [2.45, 2.75) is 31.8 Å². The van der Waals surface area contributed by atoms with Gasteiger partial charge in [0.25, 0.3) is 0 Å². The number of hydrogen-bond donors (Lipinski definition) is 1. The van der Waals surface area contributed by atoms with Gasteiger partial charge in [0.2, 0.25) is 0 Å². The summed E-state index contributed by atoms with van der Waals surface area (Å²) in [5.41, 5.74) is 7.04. The summed E-state index contributed by atoms with van der Waals surface area (Å²) in [4.78, 5) is 2.47. The molecule has 0 aromatic heterocycles. The second-order valence-electron chi connectivity index (χ2n) is 5.05. The van der Waals surface area contributed by atoms with E-state index in [1.54, 1.807) is 14.2 Å². The maximum Gasteiger partial charge on any atom is 0.123 e. The van der Waals surface area contributed by atoms with Gasteiger partial charge < -0.3 is 15.2 Å². The Balaban J connectivity index is 2.28. The zero-order valence-electron chi connectivity index (χ0n) is 12.1. The minimum atomic E-state index is 0.293. The zero-order chi connectivity index (χ0) is 13.8. The monoisotopic (exact) mass is 264 g/mol. The van der Waals surface area contributed by atoms with Gasteiger partial charge in [-0.25, -0.2) is 0 Å². The summed E-state index contributed by atoms with van der Waals surface area (Å²) in [7, 11) is 3.40. The van der Waals surface area contributed by atoms with E-state index in [0.29, 0.717) is 12.1 Å². The van der Waals surface area contributed by atoms with Crippen LogP contribution in [-0.2, 0) is 0 Å². The van der Waals surface area contributed by atoms with Crippen molar-refractivity contribution in [2.24, 2.45) is 5.73 Å². The van der Waals surface area contributed by atoms with Gasteiger partial charge in [-0.15, -0.1) is 0 Å². The van der Waals surface area contributed by atoms with Gasteiger partial charge in [-0.3, -0.25) is 4.90 Å². The highest BCUT2D eigenvalue weighted by Crippen LogP contribution is 2.35. The number of benzene rings is 1. The van der Waals surface area contributed by atoms with Crippen molar-refractivity contribution in [3.8, 4) is 11.5 Å². The third kappa shape index (κ3) is 2.85. The lowest BCUT2D eigenvalue weighted by molar-refractivity contribution is 0.193. The largest absolute Gasteiger partial charge is 0.497 e. The zero-order valence-corrected chi connectivity index (χ0v) is 12.1. The van der Waals surface area contributed by atoms with Crippen LogP contribution in [0.5, 0.6) is 11.5 Å². The summed E-state index contributed by atoms with van der Waals surface area (Å²) in [5.74, 6) is 1.78. The molecule has 1 saturated heterocycles. The molecule has 4 nitrogen and oxygen atoms in total. The molecule has 4 heteroatoms. The molecule has 1 heterocycles. The number of rotatable bonds is 5. The van der Waals surface area contributed by atoms with E-state index >= 15 is 0 Å². The lowest BCUT2D eigenvalue weighted by atomic mass is 10.0. The smallest absolute Gasteiger partial charge is 0.123 e. The van der Waals surface area contributed by atoms with E-state index in [9.17, 15) is 0 Å². The Morgan fingerprint density at radius 2 is 2.16 bits per heavy atom. The molecule has 1 fully saturated rings. The molecule has 2 atom stereocenters. The second kappa shape index (κ2) is 6.26. The minimum absolute atomic E-state index is 0.293. The fourth-order valence-electron chi connectivity index (χ4n) is 2.97. The molecule has 0 amide bonds. The predicted molar refractivity (Wildman–Crippen MR) is 76.7 cm³/mol. The quantitative estimate of drug-likeness (QED) is 0.885. The van der Waals surface area contributed by atoms with E-state index in [4.69, 9.17) is 15.2 Å². The molecular weight excluding hydrogens is 240 g/mol. The molecule has 1 aliphatic rings. The molecule has 2 rings (SSSR count). The van der Waals surface area contributed by atoms with Gasteiger partial charge in [0, 0.05) is 24.2 Å². The molecule has 0 aliphatic carbocycles. The molecule has 1 aromatic rings. The van der Waals surface area contributed by atoms with Gasteiger partial charge in [-0.2, -0.15) is 0 Å². The van der Waals surface area contributed by atoms with Crippen LogP contribution in [0.3, 0.4) is 0 Å². The molecule has 19 heavy (non-hydrogen) atoms. The van der Waals surface area contributed by atoms with E-state index < -0.39 is 0 Å². The van der Waals surface area contributed by atoms with Crippen LogP contribution in [-0.4, -0.2) is 38.3 Å². The lowest BCUT2D eigenvalue weighted by Gasteiger charge is -2.31. The first-order chi connectivity index (χ1) is 9.21. The average molecular weight is 264 g/mol. The number of hydrogen-bond acceptors (Lipinski definition) is 4. The SMILES string of the molecule is COc1ccc(OC)c(C(C)N2CCCC2CN)c1. The maximum absolute atomic E-state index is 5.87. The summed E-state index contributed by atoms with van der Waals surface area (Å²) in [6.07, 6.45) is 2.41. The predicted octanol–water partition coefficient (Wildman–Crippen LogP) is 2.19. The molecule has 0 bridgehead atoms. The third-order valence-corrected chi connectivity index (χ3v) is 4.08. The van der Waals surface area contributed by atoms with Crippen LogP contribution in [0.4, 0.5) is 0 Å². The normalized spacial score (nSPS) is 21.4. The Hall–Kier alpha value is -1.26. The van der Waals surface area contributed by atoms with Crippen LogP contribution in [0.25, 0.3) is 0 Å². The van der Waals surface area contributed by atoms with Crippen LogP contribution < -0.4 is 15.2 Å². The number of methoxy groups -OCH3 is 2. The van der Waals surface area contributed by atoms with Gasteiger partial charge in [-0.1, -0.05) is 0 Å². The molecule has 0 spiro atoms. The molecular formula is C15H24N2O2. The van der Waals surface area contributed by atoms with Gasteiger partial charge in [0.15, 0.2) is 0 Å². The highest BCUT2D eigenvalue weighted by molar-refractivity contribution is 5.42. The molecule has 1 aromatic carbocycles. The van der Waals surface area contributed by atoms with Crippen molar-refractivity contribution >= 4 is 0 Å². The highest BCUT2D eigenvalue weighted by atomic mass is 16.5. The average Bonchev–Trinajstić information content (AvgIpc) is 2.94. The van der Waals surface area contributed by atoms with E-state index in [1.165, 1.54) is 18.4 Å². The summed E-state index contributed by atoms with van der Waals surface area (Å²) < 4.78 is 10.8. The van der Waals surface area contributed by atoms with Gasteiger partial charge in [-0.05, 0) is 44.5 Å². The number of nitrogens with two attached hydrogens (primary N) is 1. The first kappa shape index (κ1) is 14.2.